The number of carbonyl (C=O) groups excluding carboxylic acids is 1. The van der Waals surface area contributed by atoms with Gasteiger partial charge in [-0.05, 0) is 55.2 Å². The normalized spacial score (nSPS) is 17.4. The Hall–Kier alpha value is -3.32. The van der Waals surface area contributed by atoms with Crippen LogP contribution in [0.3, 0.4) is 0 Å². The third kappa shape index (κ3) is 3.84. The number of Topliss-reactive ketones (excluding diaryl/α,β-unsaturated/α-hetero) is 1. The van der Waals surface area contributed by atoms with Gasteiger partial charge in [0.25, 0.3) is 0 Å². The molecule has 3 aromatic rings. The van der Waals surface area contributed by atoms with Crippen molar-refractivity contribution in [3.8, 4) is 11.5 Å². The van der Waals surface area contributed by atoms with E-state index < -0.39 is 0 Å². The summed E-state index contributed by atoms with van der Waals surface area (Å²) < 4.78 is 13.7. The van der Waals surface area contributed by atoms with E-state index in [1.54, 1.807) is 4.68 Å². The Bertz CT molecular complexity index is 1190. The molecule has 0 saturated heterocycles. The topological polar surface area (TPSA) is 78.3 Å². The molecule has 2 heterocycles. The number of allylic oxidation sites excluding steroid dienone is 2. The highest BCUT2D eigenvalue weighted by Crippen LogP contribution is 2.41. The van der Waals surface area contributed by atoms with Crippen LogP contribution in [0.2, 0.25) is 5.02 Å². The number of nitrogens with one attached hydrogen (secondary N) is 1. The molecule has 0 fully saturated rings. The highest BCUT2D eigenvalue weighted by Gasteiger charge is 2.36. The summed E-state index contributed by atoms with van der Waals surface area (Å²) in [6.07, 6.45) is 3.71. The predicted molar refractivity (Wildman–Crippen MR) is 121 cm³/mol. The molecule has 2 aliphatic rings. The Labute approximate surface area is 191 Å². The van der Waals surface area contributed by atoms with Gasteiger partial charge in [0.05, 0.1) is 6.61 Å². The molecule has 1 atom stereocenters. The molecule has 0 bridgehead atoms. The Kier molecular flexibility index (Phi) is 5.57. The molecule has 32 heavy (non-hydrogen) atoms. The third-order valence-electron chi connectivity index (χ3n) is 5.70. The van der Waals surface area contributed by atoms with E-state index in [2.05, 4.69) is 15.4 Å². The van der Waals surface area contributed by atoms with Crippen molar-refractivity contribution in [3.05, 3.63) is 76.2 Å². The standard InChI is InChI=1S/C24H23ClN4O3/c1-2-31-21-12-16(8-11-20(21)32-13-15-6-9-17(25)10-7-15)23-22-18(4-3-5-19(22)30)28-24-26-14-27-29(23)24/h6-12,14,23H,2-5,13H2,1H3,(H,26,27,28). The molecule has 0 saturated carbocycles. The van der Waals surface area contributed by atoms with Crippen LogP contribution in [0.1, 0.15) is 43.4 Å². The van der Waals surface area contributed by atoms with Crippen molar-refractivity contribution < 1.29 is 14.3 Å². The number of carbonyl (C=O) groups is 1. The van der Waals surface area contributed by atoms with Crippen LogP contribution in [-0.4, -0.2) is 27.2 Å². The first-order valence-electron chi connectivity index (χ1n) is 10.7. The summed E-state index contributed by atoms with van der Waals surface area (Å²) in [6.45, 7) is 2.82. The number of benzene rings is 2. The van der Waals surface area contributed by atoms with Gasteiger partial charge in [-0.1, -0.05) is 29.8 Å². The van der Waals surface area contributed by atoms with Gasteiger partial charge in [-0.25, -0.2) is 4.68 Å². The molecule has 1 unspecified atom stereocenters. The van der Waals surface area contributed by atoms with Crippen molar-refractivity contribution in [1.82, 2.24) is 14.8 Å². The maximum atomic E-state index is 12.9. The lowest BCUT2D eigenvalue weighted by Gasteiger charge is -2.32. The Balaban J connectivity index is 1.49. The maximum absolute atomic E-state index is 12.9. The van der Waals surface area contributed by atoms with Crippen LogP contribution in [0.15, 0.2) is 60.1 Å². The average molecular weight is 451 g/mol. The molecule has 0 amide bonds. The van der Waals surface area contributed by atoms with Crippen LogP contribution in [0, 0.1) is 0 Å². The van der Waals surface area contributed by atoms with E-state index in [1.165, 1.54) is 6.33 Å². The Morgan fingerprint density at radius 3 is 2.78 bits per heavy atom. The monoisotopic (exact) mass is 450 g/mol. The van der Waals surface area contributed by atoms with Crippen molar-refractivity contribution in [2.45, 2.75) is 38.8 Å². The lowest BCUT2D eigenvalue weighted by molar-refractivity contribution is -0.116. The number of aromatic nitrogens is 3. The van der Waals surface area contributed by atoms with Gasteiger partial charge in [-0.15, -0.1) is 0 Å². The van der Waals surface area contributed by atoms with Crippen molar-refractivity contribution in [2.75, 3.05) is 11.9 Å². The Morgan fingerprint density at radius 2 is 1.97 bits per heavy atom. The van der Waals surface area contributed by atoms with Crippen LogP contribution in [-0.2, 0) is 11.4 Å². The zero-order valence-electron chi connectivity index (χ0n) is 17.7. The van der Waals surface area contributed by atoms with E-state index in [-0.39, 0.29) is 11.8 Å². The lowest BCUT2D eigenvalue weighted by Crippen LogP contribution is -2.31. The second-order valence-corrected chi connectivity index (χ2v) is 8.22. The number of hydrogen-bond acceptors (Lipinski definition) is 6. The van der Waals surface area contributed by atoms with Crippen molar-refractivity contribution in [2.24, 2.45) is 0 Å². The number of nitrogens with zero attached hydrogens (tertiary/aromatic N) is 3. The van der Waals surface area contributed by atoms with E-state index in [1.807, 2.05) is 49.4 Å². The minimum Gasteiger partial charge on any atom is -0.490 e. The number of ketones is 1. The van der Waals surface area contributed by atoms with Gasteiger partial charge in [0.1, 0.15) is 19.0 Å². The number of halogens is 1. The van der Waals surface area contributed by atoms with Gasteiger partial charge < -0.3 is 14.8 Å². The fourth-order valence-electron chi connectivity index (χ4n) is 4.23. The van der Waals surface area contributed by atoms with Gasteiger partial charge in [0.15, 0.2) is 17.3 Å². The largest absolute Gasteiger partial charge is 0.490 e. The summed E-state index contributed by atoms with van der Waals surface area (Å²) >= 11 is 5.97. The quantitative estimate of drug-likeness (QED) is 0.573. The zero-order chi connectivity index (χ0) is 22.1. The lowest BCUT2D eigenvalue weighted by atomic mass is 9.85. The molecule has 1 N–H and O–H groups in total. The van der Waals surface area contributed by atoms with Gasteiger partial charge in [-0.3, -0.25) is 4.79 Å². The number of anilines is 1. The predicted octanol–water partition coefficient (Wildman–Crippen LogP) is 4.93. The van der Waals surface area contributed by atoms with Crippen LogP contribution in [0.25, 0.3) is 0 Å². The fourth-order valence-corrected chi connectivity index (χ4v) is 4.35. The van der Waals surface area contributed by atoms with Gasteiger partial charge >= 0.3 is 0 Å². The van der Waals surface area contributed by atoms with Crippen LogP contribution in [0.5, 0.6) is 11.5 Å². The van der Waals surface area contributed by atoms with E-state index in [0.717, 1.165) is 35.2 Å². The highest BCUT2D eigenvalue weighted by atomic mass is 35.5. The first-order chi connectivity index (χ1) is 15.6. The number of fused-ring (bicyclic) bond motifs is 1. The minimum absolute atomic E-state index is 0.144. The summed E-state index contributed by atoms with van der Waals surface area (Å²) in [7, 11) is 0. The van der Waals surface area contributed by atoms with E-state index in [4.69, 9.17) is 21.1 Å². The molecular weight excluding hydrogens is 428 g/mol. The summed E-state index contributed by atoms with van der Waals surface area (Å²) in [4.78, 5) is 17.2. The smallest absolute Gasteiger partial charge is 0.226 e. The fraction of sp³-hybridized carbons (Fsp3) is 0.292. The van der Waals surface area contributed by atoms with E-state index in [0.29, 0.717) is 42.1 Å². The second-order valence-electron chi connectivity index (χ2n) is 7.78. The van der Waals surface area contributed by atoms with Gasteiger partial charge in [0, 0.05) is 22.7 Å². The molecule has 2 aromatic carbocycles. The van der Waals surface area contributed by atoms with Crippen LogP contribution in [0.4, 0.5) is 5.95 Å². The molecule has 1 aromatic heterocycles. The molecule has 0 spiro atoms. The molecule has 0 radical (unpaired) electrons. The van der Waals surface area contributed by atoms with Gasteiger partial charge in [0.2, 0.25) is 5.95 Å². The number of ether oxygens (including phenoxy) is 2. The highest BCUT2D eigenvalue weighted by molar-refractivity contribution is 6.30. The minimum atomic E-state index is -0.346. The number of hydrogen-bond donors (Lipinski definition) is 1. The molecular formula is C24H23ClN4O3. The van der Waals surface area contributed by atoms with Crippen molar-refractivity contribution in [3.63, 3.8) is 0 Å². The van der Waals surface area contributed by atoms with Crippen molar-refractivity contribution >= 4 is 23.3 Å². The van der Waals surface area contributed by atoms with Crippen LogP contribution >= 0.6 is 11.6 Å². The summed E-state index contributed by atoms with van der Waals surface area (Å²) in [6, 6.07) is 13.0. The summed E-state index contributed by atoms with van der Waals surface area (Å²) in [5, 5.41) is 8.37. The SMILES string of the molecule is CCOc1cc(C2C3=C(CCCC3=O)Nc3ncnn32)ccc1OCc1ccc(Cl)cc1. The number of rotatable bonds is 6. The Morgan fingerprint density at radius 1 is 1.12 bits per heavy atom. The molecule has 164 valence electrons. The molecule has 5 rings (SSSR count). The first kappa shape index (κ1) is 20.6. The third-order valence-corrected chi connectivity index (χ3v) is 5.95. The maximum Gasteiger partial charge on any atom is 0.226 e. The van der Waals surface area contributed by atoms with Crippen LogP contribution < -0.4 is 14.8 Å². The molecule has 1 aliphatic heterocycles. The second kappa shape index (κ2) is 8.67. The van der Waals surface area contributed by atoms with Gasteiger partial charge in [-0.2, -0.15) is 10.1 Å². The van der Waals surface area contributed by atoms with Crippen molar-refractivity contribution in [1.29, 1.82) is 0 Å². The molecule has 1 aliphatic carbocycles. The summed E-state index contributed by atoms with van der Waals surface area (Å²) in [5.41, 5.74) is 3.61. The summed E-state index contributed by atoms with van der Waals surface area (Å²) in [5.74, 6) is 2.06. The van der Waals surface area contributed by atoms with E-state index in [9.17, 15) is 4.79 Å². The molecule has 7 nitrogen and oxygen atoms in total. The van der Waals surface area contributed by atoms with E-state index >= 15 is 0 Å². The molecule has 8 heteroatoms. The average Bonchev–Trinajstić information content (AvgIpc) is 3.26. The zero-order valence-corrected chi connectivity index (χ0v) is 18.4. The first-order valence-corrected chi connectivity index (χ1v) is 11.1.